The molecule has 0 atom stereocenters. The van der Waals surface area contributed by atoms with E-state index in [4.69, 9.17) is 0 Å². The predicted octanol–water partition coefficient (Wildman–Crippen LogP) is 3.44. The first-order valence-corrected chi connectivity index (χ1v) is 8.94. The Morgan fingerprint density at radius 2 is 2.04 bits per heavy atom. The first-order valence-electron chi connectivity index (χ1n) is 8.15. The summed E-state index contributed by atoms with van der Waals surface area (Å²) in [6.45, 7) is 8.31. The van der Waals surface area contributed by atoms with Crippen LogP contribution >= 0.6 is 15.9 Å². The lowest BCUT2D eigenvalue weighted by molar-refractivity contribution is -0.116. The minimum absolute atomic E-state index is 0.00710. The van der Waals surface area contributed by atoms with Crippen molar-refractivity contribution in [1.82, 2.24) is 10.6 Å². The van der Waals surface area contributed by atoms with Crippen LogP contribution in [-0.2, 0) is 4.79 Å². The van der Waals surface area contributed by atoms with Gasteiger partial charge in [-0.2, -0.15) is 0 Å². The van der Waals surface area contributed by atoms with Crippen LogP contribution in [0.25, 0.3) is 0 Å². The highest BCUT2D eigenvalue weighted by Gasteiger charge is 2.05. The van der Waals surface area contributed by atoms with Crippen molar-refractivity contribution in [3.05, 3.63) is 28.2 Å². The lowest BCUT2D eigenvalue weighted by Gasteiger charge is -2.12. The number of nitrogens with one attached hydrogen (secondary N) is 3. The molecular weight excluding hydrogens is 356 g/mol. The van der Waals surface area contributed by atoms with Gasteiger partial charge in [-0.3, -0.25) is 9.79 Å². The van der Waals surface area contributed by atoms with Crippen LogP contribution in [0.5, 0.6) is 0 Å². The minimum atomic E-state index is -0.00710. The Hall–Kier alpha value is -1.56. The summed E-state index contributed by atoms with van der Waals surface area (Å²) >= 11 is 3.42. The van der Waals surface area contributed by atoms with E-state index in [1.54, 1.807) is 0 Å². The molecule has 0 unspecified atom stereocenters. The number of carbonyl (C=O) groups is 1. The fraction of sp³-hybridized carbons (Fsp3) is 0.529. The average molecular weight is 383 g/mol. The van der Waals surface area contributed by atoms with Crippen LogP contribution in [0.1, 0.15) is 38.7 Å². The molecule has 0 spiro atoms. The molecule has 1 aromatic rings. The SMILES string of the molecule is CCCCN=C(NCC)NCCC(=O)Nc1ccc(Br)cc1C. The predicted molar refractivity (Wildman–Crippen MR) is 101 cm³/mol. The third-order valence-electron chi connectivity index (χ3n) is 3.23. The van der Waals surface area contributed by atoms with Crippen LogP contribution in [0.4, 0.5) is 5.69 Å². The van der Waals surface area contributed by atoms with Gasteiger partial charge >= 0.3 is 0 Å². The number of halogens is 1. The van der Waals surface area contributed by atoms with Crippen molar-refractivity contribution in [2.45, 2.75) is 40.0 Å². The van der Waals surface area contributed by atoms with Gasteiger partial charge in [0.2, 0.25) is 5.91 Å². The van der Waals surface area contributed by atoms with Gasteiger partial charge in [-0.15, -0.1) is 0 Å². The normalized spacial score (nSPS) is 11.2. The van der Waals surface area contributed by atoms with Crippen LogP contribution < -0.4 is 16.0 Å². The Morgan fingerprint density at radius 3 is 2.70 bits per heavy atom. The van der Waals surface area contributed by atoms with Crippen LogP contribution in [0.2, 0.25) is 0 Å². The molecule has 1 amide bonds. The smallest absolute Gasteiger partial charge is 0.226 e. The van der Waals surface area contributed by atoms with E-state index in [0.717, 1.165) is 47.6 Å². The lowest BCUT2D eigenvalue weighted by atomic mass is 10.2. The number of unbranched alkanes of at least 4 members (excludes halogenated alkanes) is 1. The third kappa shape index (κ3) is 8.02. The standard InChI is InChI=1S/C17H27BrN4O/c1-4-6-10-20-17(19-5-2)21-11-9-16(23)22-15-8-7-14(18)12-13(15)3/h7-8,12H,4-6,9-11H2,1-3H3,(H,22,23)(H2,19,20,21). The number of nitrogens with zero attached hydrogens (tertiary/aromatic N) is 1. The Kier molecular flexibility index (Phi) is 9.36. The number of anilines is 1. The van der Waals surface area contributed by atoms with E-state index in [1.165, 1.54) is 0 Å². The fourth-order valence-corrected chi connectivity index (χ4v) is 2.44. The third-order valence-corrected chi connectivity index (χ3v) is 3.73. The molecule has 6 heteroatoms. The maximum Gasteiger partial charge on any atom is 0.226 e. The molecule has 0 heterocycles. The molecule has 1 rings (SSSR count). The number of aliphatic imine (C=N–C) groups is 1. The highest BCUT2D eigenvalue weighted by Crippen LogP contribution is 2.19. The molecule has 0 radical (unpaired) electrons. The van der Waals surface area contributed by atoms with Crippen molar-refractivity contribution in [2.24, 2.45) is 4.99 Å². The monoisotopic (exact) mass is 382 g/mol. The van der Waals surface area contributed by atoms with Crippen molar-refractivity contribution in [2.75, 3.05) is 25.0 Å². The molecule has 1 aromatic carbocycles. The van der Waals surface area contributed by atoms with E-state index in [9.17, 15) is 4.79 Å². The van der Waals surface area contributed by atoms with Crippen molar-refractivity contribution in [1.29, 1.82) is 0 Å². The van der Waals surface area contributed by atoms with Crippen molar-refractivity contribution >= 4 is 33.5 Å². The highest BCUT2D eigenvalue weighted by molar-refractivity contribution is 9.10. The minimum Gasteiger partial charge on any atom is -0.357 e. The Morgan fingerprint density at radius 1 is 1.26 bits per heavy atom. The summed E-state index contributed by atoms with van der Waals surface area (Å²) in [6, 6.07) is 5.81. The summed E-state index contributed by atoms with van der Waals surface area (Å²) in [5.41, 5.74) is 1.89. The van der Waals surface area contributed by atoms with Gasteiger partial charge in [-0.1, -0.05) is 29.3 Å². The molecule has 3 N–H and O–H groups in total. The zero-order valence-electron chi connectivity index (χ0n) is 14.2. The second kappa shape index (κ2) is 11.0. The van der Waals surface area contributed by atoms with E-state index in [-0.39, 0.29) is 5.91 Å². The fourth-order valence-electron chi connectivity index (χ4n) is 1.97. The molecule has 23 heavy (non-hydrogen) atoms. The summed E-state index contributed by atoms with van der Waals surface area (Å²) in [6.07, 6.45) is 2.59. The highest BCUT2D eigenvalue weighted by atomic mass is 79.9. The van der Waals surface area contributed by atoms with Crippen LogP contribution in [0.3, 0.4) is 0 Å². The first kappa shape index (κ1) is 19.5. The van der Waals surface area contributed by atoms with Gasteiger partial charge in [-0.25, -0.2) is 0 Å². The second-order valence-corrected chi connectivity index (χ2v) is 6.21. The average Bonchev–Trinajstić information content (AvgIpc) is 2.50. The van der Waals surface area contributed by atoms with E-state index >= 15 is 0 Å². The molecule has 0 aliphatic rings. The molecular formula is C17H27BrN4O. The van der Waals surface area contributed by atoms with Crippen molar-refractivity contribution in [3.63, 3.8) is 0 Å². The van der Waals surface area contributed by atoms with Gasteiger partial charge in [0.25, 0.3) is 0 Å². The number of benzene rings is 1. The molecule has 0 aliphatic carbocycles. The number of carbonyl (C=O) groups excluding carboxylic acids is 1. The van der Waals surface area contributed by atoms with Crippen LogP contribution in [0.15, 0.2) is 27.7 Å². The van der Waals surface area contributed by atoms with Gasteiger partial charge in [0.1, 0.15) is 0 Å². The Balaban J connectivity index is 2.40. The number of guanidine groups is 1. The molecule has 128 valence electrons. The number of amides is 1. The number of rotatable bonds is 8. The molecule has 0 aliphatic heterocycles. The van der Waals surface area contributed by atoms with Gasteiger partial charge in [0.05, 0.1) is 0 Å². The van der Waals surface area contributed by atoms with E-state index in [1.807, 2.05) is 32.0 Å². The first-order chi connectivity index (χ1) is 11.1. The second-order valence-electron chi connectivity index (χ2n) is 5.30. The number of hydrogen-bond acceptors (Lipinski definition) is 2. The van der Waals surface area contributed by atoms with Crippen molar-refractivity contribution in [3.8, 4) is 0 Å². The zero-order chi connectivity index (χ0) is 17.1. The summed E-state index contributed by atoms with van der Waals surface area (Å²) in [5.74, 6) is 0.765. The van der Waals surface area contributed by atoms with Crippen molar-refractivity contribution < 1.29 is 4.79 Å². The van der Waals surface area contributed by atoms with Gasteiger partial charge in [0, 0.05) is 36.2 Å². The molecule has 0 saturated carbocycles. The van der Waals surface area contributed by atoms with Crippen LogP contribution in [-0.4, -0.2) is 31.5 Å². The van der Waals surface area contributed by atoms with Gasteiger partial charge in [0.15, 0.2) is 5.96 Å². The summed E-state index contributed by atoms with van der Waals surface area (Å²) in [7, 11) is 0. The molecule has 5 nitrogen and oxygen atoms in total. The Bertz CT molecular complexity index is 531. The number of hydrogen-bond donors (Lipinski definition) is 3. The molecule has 0 fully saturated rings. The molecule has 0 bridgehead atoms. The largest absolute Gasteiger partial charge is 0.357 e. The van der Waals surface area contributed by atoms with Gasteiger partial charge in [-0.05, 0) is 44.0 Å². The molecule has 0 saturated heterocycles. The summed E-state index contributed by atoms with van der Waals surface area (Å²) < 4.78 is 1.01. The zero-order valence-corrected chi connectivity index (χ0v) is 15.8. The molecule has 0 aromatic heterocycles. The maximum atomic E-state index is 12.0. The van der Waals surface area contributed by atoms with E-state index in [0.29, 0.717) is 13.0 Å². The Labute approximate surface area is 147 Å². The maximum absolute atomic E-state index is 12.0. The summed E-state index contributed by atoms with van der Waals surface area (Å²) in [5, 5.41) is 9.31. The van der Waals surface area contributed by atoms with E-state index in [2.05, 4.69) is 43.8 Å². The van der Waals surface area contributed by atoms with E-state index < -0.39 is 0 Å². The summed E-state index contributed by atoms with van der Waals surface area (Å²) in [4.78, 5) is 16.5. The number of aryl methyl sites for hydroxylation is 1. The van der Waals surface area contributed by atoms with Crippen LogP contribution in [0, 0.1) is 6.92 Å². The lowest BCUT2D eigenvalue weighted by Crippen LogP contribution is -2.38. The quantitative estimate of drug-likeness (QED) is 0.366. The topological polar surface area (TPSA) is 65.5 Å². The van der Waals surface area contributed by atoms with Gasteiger partial charge < -0.3 is 16.0 Å².